The summed E-state index contributed by atoms with van der Waals surface area (Å²) in [4.78, 5) is 12.6. The SMILES string of the molecule is CCOC(=O)C(CC1CC1)c1cc(OCC(F)(F)F)c(Cl)c(-c2ccc(C)cc2)c1. The molecule has 2 aromatic rings. The fourth-order valence-electron chi connectivity index (χ4n) is 3.33. The highest BCUT2D eigenvalue weighted by molar-refractivity contribution is 6.34. The van der Waals surface area contributed by atoms with Gasteiger partial charge in [0.05, 0.1) is 17.5 Å². The Hall–Kier alpha value is -2.21. The zero-order chi connectivity index (χ0) is 21.9. The van der Waals surface area contributed by atoms with E-state index in [2.05, 4.69) is 0 Å². The topological polar surface area (TPSA) is 35.5 Å². The second kappa shape index (κ2) is 9.29. The Morgan fingerprint density at radius 2 is 1.87 bits per heavy atom. The van der Waals surface area contributed by atoms with Crippen LogP contribution < -0.4 is 4.74 Å². The van der Waals surface area contributed by atoms with E-state index in [1.165, 1.54) is 6.07 Å². The molecule has 0 radical (unpaired) electrons. The van der Waals surface area contributed by atoms with Gasteiger partial charge in [0.2, 0.25) is 0 Å². The number of esters is 1. The Balaban J connectivity index is 2.06. The molecule has 2 aromatic carbocycles. The number of benzene rings is 2. The number of carbonyl (C=O) groups excluding carboxylic acids is 1. The van der Waals surface area contributed by atoms with Crippen LogP contribution in [0, 0.1) is 12.8 Å². The van der Waals surface area contributed by atoms with Crippen LogP contribution in [0.2, 0.25) is 5.02 Å². The molecule has 30 heavy (non-hydrogen) atoms. The maximum absolute atomic E-state index is 12.8. The summed E-state index contributed by atoms with van der Waals surface area (Å²) < 4.78 is 48.6. The van der Waals surface area contributed by atoms with Crippen molar-refractivity contribution in [2.45, 2.75) is 45.2 Å². The molecule has 162 valence electrons. The number of hydrogen-bond donors (Lipinski definition) is 0. The van der Waals surface area contributed by atoms with Crippen LogP contribution in [0.15, 0.2) is 36.4 Å². The van der Waals surface area contributed by atoms with Crippen molar-refractivity contribution >= 4 is 17.6 Å². The highest BCUT2D eigenvalue weighted by Gasteiger charge is 2.33. The fourth-order valence-corrected chi connectivity index (χ4v) is 3.60. The highest BCUT2D eigenvalue weighted by Crippen LogP contribution is 2.43. The van der Waals surface area contributed by atoms with Crippen LogP contribution in [0.4, 0.5) is 13.2 Å². The van der Waals surface area contributed by atoms with E-state index in [1.807, 2.05) is 31.2 Å². The number of aryl methyl sites for hydroxylation is 1. The second-order valence-electron chi connectivity index (χ2n) is 7.63. The lowest BCUT2D eigenvalue weighted by Gasteiger charge is -2.20. The van der Waals surface area contributed by atoms with Gasteiger partial charge in [-0.25, -0.2) is 0 Å². The van der Waals surface area contributed by atoms with Gasteiger partial charge in [0.1, 0.15) is 5.75 Å². The van der Waals surface area contributed by atoms with E-state index < -0.39 is 18.7 Å². The van der Waals surface area contributed by atoms with Crippen LogP contribution in [0.25, 0.3) is 11.1 Å². The molecule has 1 fully saturated rings. The molecule has 0 saturated heterocycles. The Bertz CT molecular complexity index is 890. The first-order valence-electron chi connectivity index (χ1n) is 9.94. The van der Waals surface area contributed by atoms with Gasteiger partial charge in [0.25, 0.3) is 0 Å². The van der Waals surface area contributed by atoms with E-state index in [1.54, 1.807) is 13.0 Å². The smallest absolute Gasteiger partial charge is 0.422 e. The molecule has 3 rings (SSSR count). The van der Waals surface area contributed by atoms with E-state index >= 15 is 0 Å². The lowest BCUT2D eigenvalue weighted by Crippen LogP contribution is -2.20. The average molecular weight is 441 g/mol. The van der Waals surface area contributed by atoms with Gasteiger partial charge in [0.15, 0.2) is 6.61 Å². The van der Waals surface area contributed by atoms with Crippen molar-refractivity contribution < 1.29 is 27.4 Å². The molecular weight excluding hydrogens is 417 g/mol. The minimum absolute atomic E-state index is 0.0842. The number of carbonyl (C=O) groups is 1. The molecule has 1 aliphatic rings. The molecule has 3 nitrogen and oxygen atoms in total. The first-order chi connectivity index (χ1) is 14.2. The van der Waals surface area contributed by atoms with Crippen LogP contribution in [-0.2, 0) is 9.53 Å². The Kier molecular flexibility index (Phi) is 6.96. The van der Waals surface area contributed by atoms with Gasteiger partial charge >= 0.3 is 12.1 Å². The van der Waals surface area contributed by atoms with E-state index in [4.69, 9.17) is 21.1 Å². The second-order valence-corrected chi connectivity index (χ2v) is 8.01. The molecule has 7 heteroatoms. The number of alkyl halides is 3. The zero-order valence-corrected chi connectivity index (χ0v) is 17.6. The minimum atomic E-state index is -4.50. The molecular formula is C23H24ClF3O3. The number of ether oxygens (including phenoxy) is 2. The third-order valence-corrected chi connectivity index (χ3v) is 5.44. The molecule has 0 amide bonds. The molecule has 1 unspecified atom stereocenters. The van der Waals surface area contributed by atoms with Gasteiger partial charge in [-0.05, 0) is 49.4 Å². The standard InChI is InChI=1S/C23H24ClF3O3/c1-3-29-22(28)19(10-15-6-7-15)17-11-18(16-8-4-14(2)5-9-16)21(24)20(12-17)30-13-23(25,26)27/h4-5,8-9,11-12,15,19H,3,6-7,10,13H2,1-2H3. The molecule has 1 aliphatic carbocycles. The first kappa shape index (κ1) is 22.5. The van der Waals surface area contributed by atoms with Crippen molar-refractivity contribution in [2.75, 3.05) is 13.2 Å². The predicted molar refractivity (Wildman–Crippen MR) is 110 cm³/mol. The Morgan fingerprint density at radius 3 is 2.43 bits per heavy atom. The van der Waals surface area contributed by atoms with Crippen molar-refractivity contribution in [1.29, 1.82) is 0 Å². The molecule has 0 aliphatic heterocycles. The summed E-state index contributed by atoms with van der Waals surface area (Å²) in [5.41, 5.74) is 2.85. The van der Waals surface area contributed by atoms with Gasteiger partial charge in [-0.1, -0.05) is 54.3 Å². The normalized spacial score (nSPS) is 15.0. The lowest BCUT2D eigenvalue weighted by atomic mass is 9.90. The first-order valence-corrected chi connectivity index (χ1v) is 10.3. The van der Waals surface area contributed by atoms with E-state index in [0.29, 0.717) is 23.5 Å². The van der Waals surface area contributed by atoms with E-state index in [-0.39, 0.29) is 23.3 Å². The monoisotopic (exact) mass is 440 g/mol. The molecule has 0 bridgehead atoms. The summed E-state index contributed by atoms with van der Waals surface area (Å²) >= 11 is 6.44. The zero-order valence-electron chi connectivity index (χ0n) is 16.9. The van der Waals surface area contributed by atoms with Crippen molar-refractivity contribution in [3.05, 3.63) is 52.5 Å². The maximum Gasteiger partial charge on any atom is 0.422 e. The average Bonchev–Trinajstić information content (AvgIpc) is 3.50. The summed E-state index contributed by atoms with van der Waals surface area (Å²) in [6, 6.07) is 10.7. The van der Waals surface area contributed by atoms with Crippen molar-refractivity contribution in [2.24, 2.45) is 5.92 Å². The van der Waals surface area contributed by atoms with Gasteiger partial charge < -0.3 is 9.47 Å². The third kappa shape index (κ3) is 5.91. The molecule has 0 spiro atoms. The minimum Gasteiger partial charge on any atom is -0.483 e. The molecule has 1 saturated carbocycles. The summed E-state index contributed by atoms with van der Waals surface area (Å²) in [5, 5.41) is 0.0842. The number of rotatable bonds is 8. The number of hydrogen-bond acceptors (Lipinski definition) is 3. The summed E-state index contributed by atoms with van der Waals surface area (Å²) in [6.45, 7) is 2.43. The fraction of sp³-hybridized carbons (Fsp3) is 0.435. The van der Waals surface area contributed by atoms with E-state index in [9.17, 15) is 18.0 Å². The van der Waals surface area contributed by atoms with Crippen molar-refractivity contribution in [1.82, 2.24) is 0 Å². The van der Waals surface area contributed by atoms with Crippen LogP contribution >= 0.6 is 11.6 Å². The van der Waals surface area contributed by atoms with Crippen LogP contribution in [-0.4, -0.2) is 25.4 Å². The molecule has 1 atom stereocenters. The van der Waals surface area contributed by atoms with Crippen molar-refractivity contribution in [3.63, 3.8) is 0 Å². The number of halogens is 4. The van der Waals surface area contributed by atoms with Gasteiger partial charge in [-0.15, -0.1) is 0 Å². The van der Waals surface area contributed by atoms with Gasteiger partial charge in [-0.2, -0.15) is 13.2 Å². The van der Waals surface area contributed by atoms with Crippen LogP contribution in [0.1, 0.15) is 43.2 Å². The maximum atomic E-state index is 12.8. The Labute approximate surface area is 179 Å². The third-order valence-electron chi connectivity index (χ3n) is 5.05. The molecule has 0 N–H and O–H groups in total. The van der Waals surface area contributed by atoms with Crippen LogP contribution in [0.5, 0.6) is 5.75 Å². The predicted octanol–water partition coefficient (Wildman–Crippen LogP) is 6.70. The highest BCUT2D eigenvalue weighted by atomic mass is 35.5. The lowest BCUT2D eigenvalue weighted by molar-refractivity contribution is -0.153. The van der Waals surface area contributed by atoms with Gasteiger partial charge in [-0.3, -0.25) is 4.79 Å². The summed E-state index contributed by atoms with van der Waals surface area (Å²) in [5.74, 6) is -0.639. The summed E-state index contributed by atoms with van der Waals surface area (Å²) in [7, 11) is 0. The summed E-state index contributed by atoms with van der Waals surface area (Å²) in [6.07, 6.45) is -1.85. The van der Waals surface area contributed by atoms with Crippen molar-refractivity contribution in [3.8, 4) is 16.9 Å². The molecule has 0 aromatic heterocycles. The van der Waals surface area contributed by atoms with E-state index in [0.717, 1.165) is 24.0 Å². The largest absolute Gasteiger partial charge is 0.483 e. The quantitative estimate of drug-likeness (QED) is 0.428. The van der Waals surface area contributed by atoms with Crippen LogP contribution in [0.3, 0.4) is 0 Å². The molecule has 0 heterocycles. The van der Waals surface area contributed by atoms with Gasteiger partial charge in [0, 0.05) is 5.56 Å². The Morgan fingerprint density at radius 1 is 1.20 bits per heavy atom.